The topological polar surface area (TPSA) is 169 Å². The average Bonchev–Trinajstić information content (AvgIpc) is 3.36. The SMILES string of the molecule is C[C@@H]1CN(C(=O)c2ccccc2)CCN1C(=O)C(=O)c1c[nH]c2c(NC(=O)[C@@H](CC(=O)O)OC(C)(C)O)cccc12. The van der Waals surface area contributed by atoms with Gasteiger partial charge < -0.3 is 35.1 Å². The quantitative estimate of drug-likeness (QED) is 0.174. The van der Waals surface area contributed by atoms with Gasteiger partial charge in [0.05, 0.1) is 23.2 Å². The number of aliphatic hydroxyl groups is 1. The van der Waals surface area contributed by atoms with Crippen molar-refractivity contribution in [3.8, 4) is 0 Å². The van der Waals surface area contributed by atoms with Gasteiger partial charge in [-0.1, -0.05) is 30.3 Å². The summed E-state index contributed by atoms with van der Waals surface area (Å²) in [5.41, 5.74) is 1.24. The van der Waals surface area contributed by atoms with Crippen LogP contribution in [0.1, 0.15) is 47.9 Å². The molecule has 3 amide bonds. The minimum absolute atomic E-state index is 0.103. The smallest absolute Gasteiger partial charge is 0.306 e. The molecule has 0 unspecified atom stereocenters. The van der Waals surface area contributed by atoms with Gasteiger partial charge in [0.15, 0.2) is 5.79 Å². The van der Waals surface area contributed by atoms with Gasteiger partial charge in [0, 0.05) is 42.8 Å². The Morgan fingerprint density at radius 2 is 1.78 bits per heavy atom. The highest BCUT2D eigenvalue weighted by Gasteiger charge is 2.35. The number of piperazine rings is 1. The van der Waals surface area contributed by atoms with Crippen LogP contribution in [0.4, 0.5) is 5.69 Å². The first-order valence-electron chi connectivity index (χ1n) is 13.1. The van der Waals surface area contributed by atoms with Gasteiger partial charge in [0.1, 0.15) is 6.10 Å². The molecule has 12 heteroatoms. The van der Waals surface area contributed by atoms with Crippen LogP contribution < -0.4 is 5.32 Å². The lowest BCUT2D eigenvalue weighted by molar-refractivity contribution is -0.207. The van der Waals surface area contributed by atoms with Crippen LogP contribution in [-0.2, 0) is 19.1 Å². The van der Waals surface area contributed by atoms with E-state index in [4.69, 9.17) is 9.84 Å². The number of carbonyl (C=O) groups excluding carboxylic acids is 4. The molecular weight excluding hydrogens is 532 g/mol. The molecule has 0 radical (unpaired) electrons. The standard InChI is InChI=1S/C29H32N4O8/c1-17-16-32(27(38)18-8-5-4-6-9-18)12-13-33(17)28(39)25(36)20-15-30-24-19(20)10-7-11-21(24)31-26(37)22(14-23(34)35)41-29(2,3)40/h4-11,15,17,22,30,40H,12-14,16H2,1-3H3,(H,31,37)(H,34,35)/t17-,22-/m1/s1. The van der Waals surface area contributed by atoms with E-state index in [0.717, 1.165) is 0 Å². The largest absolute Gasteiger partial charge is 0.481 e. The zero-order valence-electron chi connectivity index (χ0n) is 22.9. The van der Waals surface area contributed by atoms with Crippen molar-refractivity contribution in [3.05, 3.63) is 65.9 Å². The maximum atomic E-state index is 13.3. The Kier molecular flexibility index (Phi) is 8.55. The van der Waals surface area contributed by atoms with Crippen LogP contribution in [0.15, 0.2) is 54.7 Å². The number of rotatable bonds is 9. The molecule has 4 rings (SSSR count). The molecule has 1 aliphatic heterocycles. The Morgan fingerprint density at radius 1 is 1.07 bits per heavy atom. The van der Waals surface area contributed by atoms with E-state index in [1.54, 1.807) is 54.3 Å². The minimum atomic E-state index is -1.76. The number of nitrogens with one attached hydrogen (secondary N) is 2. The van der Waals surface area contributed by atoms with Gasteiger partial charge in [0.2, 0.25) is 0 Å². The minimum Gasteiger partial charge on any atom is -0.481 e. The number of H-pyrrole nitrogens is 1. The number of benzene rings is 2. The van der Waals surface area contributed by atoms with Crippen molar-refractivity contribution < 1.29 is 38.9 Å². The number of ether oxygens (including phenoxy) is 1. The molecule has 0 bridgehead atoms. The molecule has 1 aromatic heterocycles. The van der Waals surface area contributed by atoms with Crippen molar-refractivity contribution in [2.75, 3.05) is 25.0 Å². The third-order valence-corrected chi connectivity index (χ3v) is 6.69. The summed E-state index contributed by atoms with van der Waals surface area (Å²) in [5.74, 6) is -5.45. The fraction of sp³-hybridized carbons (Fsp3) is 0.345. The average molecular weight is 565 g/mol. The number of para-hydroxylation sites is 1. The van der Waals surface area contributed by atoms with Crippen LogP contribution in [0.2, 0.25) is 0 Å². The lowest BCUT2D eigenvalue weighted by atomic mass is 10.1. The number of aliphatic carboxylic acids is 1. The third-order valence-electron chi connectivity index (χ3n) is 6.69. The van der Waals surface area contributed by atoms with Gasteiger partial charge in [-0.05, 0) is 39.0 Å². The Bertz CT molecular complexity index is 1480. The molecule has 216 valence electrons. The number of fused-ring (bicyclic) bond motifs is 1. The maximum absolute atomic E-state index is 13.3. The van der Waals surface area contributed by atoms with Crippen molar-refractivity contribution in [2.45, 2.75) is 45.1 Å². The van der Waals surface area contributed by atoms with Gasteiger partial charge in [-0.15, -0.1) is 0 Å². The number of amides is 3. The monoisotopic (exact) mass is 564 g/mol. The van der Waals surface area contributed by atoms with E-state index < -0.39 is 47.9 Å². The number of hydrogen-bond acceptors (Lipinski definition) is 7. The molecule has 3 aromatic rings. The number of anilines is 1. The van der Waals surface area contributed by atoms with Crippen LogP contribution in [0.25, 0.3) is 10.9 Å². The van der Waals surface area contributed by atoms with E-state index in [-0.39, 0.29) is 36.8 Å². The van der Waals surface area contributed by atoms with Crippen LogP contribution in [0, 0.1) is 0 Å². The first-order chi connectivity index (χ1) is 19.4. The summed E-state index contributed by atoms with van der Waals surface area (Å²) >= 11 is 0. The maximum Gasteiger partial charge on any atom is 0.306 e. The first-order valence-corrected chi connectivity index (χ1v) is 13.1. The number of carboxylic acid groups (broad SMARTS) is 1. The normalized spacial score (nSPS) is 16.3. The Balaban J connectivity index is 1.48. The number of carbonyl (C=O) groups is 5. The van der Waals surface area contributed by atoms with Gasteiger partial charge in [-0.25, -0.2) is 0 Å². The molecule has 12 nitrogen and oxygen atoms in total. The molecule has 0 aliphatic carbocycles. The highest BCUT2D eigenvalue weighted by molar-refractivity contribution is 6.45. The molecule has 0 spiro atoms. The van der Waals surface area contributed by atoms with E-state index in [9.17, 15) is 29.1 Å². The van der Waals surface area contributed by atoms with Crippen LogP contribution in [0.3, 0.4) is 0 Å². The molecule has 41 heavy (non-hydrogen) atoms. The van der Waals surface area contributed by atoms with E-state index in [1.807, 2.05) is 6.07 Å². The molecular formula is C29H32N4O8. The van der Waals surface area contributed by atoms with Crippen molar-refractivity contribution in [1.82, 2.24) is 14.8 Å². The lowest BCUT2D eigenvalue weighted by Crippen LogP contribution is -2.56. The molecule has 4 N–H and O–H groups in total. The summed E-state index contributed by atoms with van der Waals surface area (Å²) < 4.78 is 5.22. The number of aromatic nitrogens is 1. The van der Waals surface area contributed by atoms with Crippen LogP contribution in [0.5, 0.6) is 0 Å². The molecule has 2 heterocycles. The predicted molar refractivity (Wildman–Crippen MR) is 148 cm³/mol. The fourth-order valence-electron chi connectivity index (χ4n) is 4.81. The number of Topliss-reactive ketones (excluding diaryl/α,β-unsaturated/α-hetero) is 1. The van der Waals surface area contributed by atoms with E-state index in [0.29, 0.717) is 16.5 Å². The predicted octanol–water partition coefficient (Wildman–Crippen LogP) is 2.25. The summed E-state index contributed by atoms with van der Waals surface area (Å²) in [6, 6.07) is 13.2. The third kappa shape index (κ3) is 6.79. The van der Waals surface area contributed by atoms with Crippen LogP contribution in [-0.4, -0.2) is 92.0 Å². The second-order valence-corrected chi connectivity index (χ2v) is 10.4. The van der Waals surface area contributed by atoms with E-state index in [1.165, 1.54) is 24.9 Å². The number of carboxylic acids is 1. The number of ketones is 1. The zero-order chi connectivity index (χ0) is 29.9. The zero-order valence-corrected chi connectivity index (χ0v) is 22.9. The molecule has 0 saturated carbocycles. The summed E-state index contributed by atoms with van der Waals surface area (Å²) in [6.45, 7) is 5.09. The number of aromatic amines is 1. The van der Waals surface area contributed by atoms with Gasteiger partial charge in [-0.2, -0.15) is 0 Å². The summed E-state index contributed by atoms with van der Waals surface area (Å²) in [7, 11) is 0. The van der Waals surface area contributed by atoms with Gasteiger partial charge in [-0.3, -0.25) is 24.0 Å². The second kappa shape index (κ2) is 11.9. The highest BCUT2D eigenvalue weighted by Crippen LogP contribution is 2.27. The number of hydrogen-bond donors (Lipinski definition) is 4. The molecule has 1 aliphatic rings. The van der Waals surface area contributed by atoms with Crippen molar-refractivity contribution in [3.63, 3.8) is 0 Å². The molecule has 1 fully saturated rings. The Morgan fingerprint density at radius 3 is 2.41 bits per heavy atom. The number of nitrogens with zero attached hydrogens (tertiary/aromatic N) is 2. The summed E-state index contributed by atoms with van der Waals surface area (Å²) in [5, 5.41) is 22.1. The fourth-order valence-corrected chi connectivity index (χ4v) is 4.81. The molecule has 2 aromatic carbocycles. The molecule has 1 saturated heterocycles. The van der Waals surface area contributed by atoms with E-state index in [2.05, 4.69) is 10.3 Å². The van der Waals surface area contributed by atoms with Crippen molar-refractivity contribution in [1.29, 1.82) is 0 Å². The van der Waals surface area contributed by atoms with Crippen LogP contribution >= 0.6 is 0 Å². The summed E-state index contributed by atoms with van der Waals surface area (Å²) in [6.07, 6.45) is -0.797. The molecule has 2 atom stereocenters. The summed E-state index contributed by atoms with van der Waals surface area (Å²) in [4.78, 5) is 69.5. The Labute approximate surface area is 235 Å². The Hall–Kier alpha value is -4.55. The second-order valence-electron chi connectivity index (χ2n) is 10.4. The lowest BCUT2D eigenvalue weighted by Gasteiger charge is -2.39. The van der Waals surface area contributed by atoms with Crippen molar-refractivity contribution >= 4 is 46.1 Å². The van der Waals surface area contributed by atoms with E-state index >= 15 is 0 Å². The van der Waals surface area contributed by atoms with Gasteiger partial charge >= 0.3 is 5.97 Å². The highest BCUT2D eigenvalue weighted by atomic mass is 16.6. The first kappa shape index (κ1) is 29.4. The van der Waals surface area contributed by atoms with Crippen molar-refractivity contribution in [2.24, 2.45) is 0 Å². The van der Waals surface area contributed by atoms with Gasteiger partial charge in [0.25, 0.3) is 23.5 Å².